The summed E-state index contributed by atoms with van der Waals surface area (Å²) in [5.41, 5.74) is 4.53. The van der Waals surface area contributed by atoms with Crippen LogP contribution >= 0.6 is 11.3 Å². The van der Waals surface area contributed by atoms with Crippen LogP contribution < -0.4 is 10.6 Å². The highest BCUT2D eigenvalue weighted by Gasteiger charge is 2.11. The van der Waals surface area contributed by atoms with Crippen LogP contribution in [0, 0.1) is 13.8 Å². The molecule has 0 aliphatic rings. The molecule has 0 unspecified atom stereocenters. The number of aryl methyl sites for hydroxylation is 2. The Hall–Kier alpha value is -2.66. The second-order valence-corrected chi connectivity index (χ2v) is 6.16. The number of carbonyl (C=O) groups is 1. The average Bonchev–Trinajstić information content (AvgIpc) is 3.00. The van der Waals surface area contributed by atoms with Gasteiger partial charge in [0, 0.05) is 16.8 Å². The summed E-state index contributed by atoms with van der Waals surface area (Å²) in [4.78, 5) is 16.6. The van der Waals surface area contributed by atoms with Crippen molar-refractivity contribution in [2.45, 2.75) is 13.8 Å². The maximum Gasteiger partial charge on any atom is 0.275 e. The SMILES string of the molecule is Cc1ccc(Nc2nc(C(=O)Nc3ccccc3)cs2)c(C)c1. The number of hydrogen-bond donors (Lipinski definition) is 2. The van der Waals surface area contributed by atoms with Crippen LogP contribution in [0.1, 0.15) is 21.6 Å². The Balaban J connectivity index is 1.71. The van der Waals surface area contributed by atoms with Gasteiger partial charge in [-0.2, -0.15) is 0 Å². The summed E-state index contributed by atoms with van der Waals surface area (Å²) >= 11 is 1.41. The second kappa shape index (κ2) is 6.62. The van der Waals surface area contributed by atoms with Crippen LogP contribution in [0.25, 0.3) is 0 Å². The lowest BCUT2D eigenvalue weighted by molar-refractivity contribution is 0.102. The first-order chi connectivity index (χ1) is 11.1. The first-order valence-electron chi connectivity index (χ1n) is 7.28. The first kappa shape index (κ1) is 15.2. The van der Waals surface area contributed by atoms with Crippen molar-refractivity contribution in [3.63, 3.8) is 0 Å². The fraction of sp³-hybridized carbons (Fsp3) is 0.111. The van der Waals surface area contributed by atoms with Crippen LogP contribution in [0.3, 0.4) is 0 Å². The van der Waals surface area contributed by atoms with Gasteiger partial charge in [-0.25, -0.2) is 4.98 Å². The molecule has 0 fully saturated rings. The minimum Gasteiger partial charge on any atom is -0.331 e. The van der Waals surface area contributed by atoms with Crippen LogP contribution in [-0.4, -0.2) is 10.9 Å². The van der Waals surface area contributed by atoms with Gasteiger partial charge in [0.1, 0.15) is 5.69 Å². The molecule has 0 bridgehead atoms. The zero-order valence-corrected chi connectivity index (χ0v) is 13.8. The van der Waals surface area contributed by atoms with Crippen LogP contribution in [0.2, 0.25) is 0 Å². The van der Waals surface area contributed by atoms with Gasteiger partial charge >= 0.3 is 0 Å². The van der Waals surface area contributed by atoms with Crippen molar-refractivity contribution >= 4 is 33.8 Å². The van der Waals surface area contributed by atoms with E-state index in [1.807, 2.05) is 49.4 Å². The highest BCUT2D eigenvalue weighted by Crippen LogP contribution is 2.24. The van der Waals surface area contributed by atoms with E-state index in [4.69, 9.17) is 0 Å². The van der Waals surface area contributed by atoms with Crippen LogP contribution in [0.4, 0.5) is 16.5 Å². The molecular formula is C18H17N3OS. The quantitative estimate of drug-likeness (QED) is 0.728. The van der Waals surface area contributed by atoms with E-state index in [0.717, 1.165) is 16.9 Å². The minimum atomic E-state index is -0.207. The van der Waals surface area contributed by atoms with Crippen molar-refractivity contribution in [2.24, 2.45) is 0 Å². The van der Waals surface area contributed by atoms with Crippen LogP contribution in [0.15, 0.2) is 53.9 Å². The van der Waals surface area contributed by atoms with Gasteiger partial charge in [-0.05, 0) is 37.6 Å². The number of amides is 1. The summed E-state index contributed by atoms with van der Waals surface area (Å²) in [7, 11) is 0. The molecule has 1 amide bonds. The summed E-state index contributed by atoms with van der Waals surface area (Å²) in [5.74, 6) is -0.207. The number of nitrogens with one attached hydrogen (secondary N) is 2. The third-order valence-corrected chi connectivity index (χ3v) is 4.15. The summed E-state index contributed by atoms with van der Waals surface area (Å²) in [6.45, 7) is 4.11. The third kappa shape index (κ3) is 3.76. The summed E-state index contributed by atoms with van der Waals surface area (Å²) in [6.07, 6.45) is 0. The maximum absolute atomic E-state index is 12.2. The van der Waals surface area contributed by atoms with Crippen molar-refractivity contribution in [3.8, 4) is 0 Å². The molecule has 116 valence electrons. The number of carbonyl (C=O) groups excluding carboxylic acids is 1. The molecule has 0 atom stereocenters. The molecular weight excluding hydrogens is 306 g/mol. The Morgan fingerprint density at radius 1 is 1.09 bits per heavy atom. The molecule has 1 heterocycles. The third-order valence-electron chi connectivity index (χ3n) is 3.39. The van der Waals surface area contributed by atoms with Crippen molar-refractivity contribution in [1.29, 1.82) is 0 Å². The minimum absolute atomic E-state index is 0.207. The van der Waals surface area contributed by atoms with Gasteiger partial charge in [0.25, 0.3) is 5.91 Å². The van der Waals surface area contributed by atoms with Crippen molar-refractivity contribution in [2.75, 3.05) is 10.6 Å². The fourth-order valence-corrected chi connectivity index (χ4v) is 2.92. The predicted molar refractivity (Wildman–Crippen MR) is 95.7 cm³/mol. The molecule has 2 aromatic carbocycles. The second-order valence-electron chi connectivity index (χ2n) is 5.30. The molecule has 4 nitrogen and oxygen atoms in total. The molecule has 3 aromatic rings. The van der Waals surface area contributed by atoms with Crippen LogP contribution in [-0.2, 0) is 0 Å². The summed E-state index contributed by atoms with van der Waals surface area (Å²) < 4.78 is 0. The van der Waals surface area contributed by atoms with E-state index in [1.54, 1.807) is 5.38 Å². The number of hydrogen-bond acceptors (Lipinski definition) is 4. The maximum atomic E-state index is 12.2. The highest BCUT2D eigenvalue weighted by molar-refractivity contribution is 7.14. The fourth-order valence-electron chi connectivity index (χ4n) is 2.22. The highest BCUT2D eigenvalue weighted by atomic mass is 32.1. The van der Waals surface area contributed by atoms with Gasteiger partial charge in [-0.15, -0.1) is 11.3 Å². The molecule has 1 aromatic heterocycles. The number of para-hydroxylation sites is 1. The number of anilines is 3. The first-order valence-corrected chi connectivity index (χ1v) is 8.16. The van der Waals surface area contributed by atoms with E-state index < -0.39 is 0 Å². The smallest absolute Gasteiger partial charge is 0.275 e. The Labute approximate surface area is 139 Å². The summed E-state index contributed by atoms with van der Waals surface area (Å²) in [6, 6.07) is 15.5. The average molecular weight is 323 g/mol. The molecule has 5 heteroatoms. The topological polar surface area (TPSA) is 54.0 Å². The van der Waals surface area contributed by atoms with Crippen LogP contribution in [0.5, 0.6) is 0 Å². The molecule has 0 aliphatic carbocycles. The van der Waals surface area contributed by atoms with Gasteiger partial charge in [-0.1, -0.05) is 35.9 Å². The van der Waals surface area contributed by atoms with Gasteiger partial charge < -0.3 is 10.6 Å². The Morgan fingerprint density at radius 3 is 2.61 bits per heavy atom. The van der Waals surface area contributed by atoms with E-state index in [0.29, 0.717) is 10.8 Å². The van der Waals surface area contributed by atoms with Gasteiger partial charge in [0.2, 0.25) is 0 Å². The van der Waals surface area contributed by atoms with E-state index in [-0.39, 0.29) is 5.91 Å². The molecule has 0 spiro atoms. The number of thiazole rings is 1. The van der Waals surface area contributed by atoms with E-state index >= 15 is 0 Å². The van der Waals surface area contributed by atoms with Crippen molar-refractivity contribution in [1.82, 2.24) is 4.98 Å². The molecule has 3 rings (SSSR count). The van der Waals surface area contributed by atoms with E-state index in [9.17, 15) is 4.79 Å². The number of benzene rings is 2. The Bertz CT molecular complexity index is 827. The Kier molecular flexibility index (Phi) is 4.39. The number of aromatic nitrogens is 1. The van der Waals surface area contributed by atoms with E-state index in [2.05, 4.69) is 28.6 Å². The predicted octanol–water partition coefficient (Wildman–Crippen LogP) is 4.76. The van der Waals surface area contributed by atoms with Gasteiger partial charge in [0.15, 0.2) is 5.13 Å². The van der Waals surface area contributed by atoms with Gasteiger partial charge in [-0.3, -0.25) is 4.79 Å². The zero-order valence-electron chi connectivity index (χ0n) is 13.0. The van der Waals surface area contributed by atoms with Crippen molar-refractivity contribution < 1.29 is 4.79 Å². The number of rotatable bonds is 4. The van der Waals surface area contributed by atoms with E-state index in [1.165, 1.54) is 16.9 Å². The standard InChI is InChI=1S/C18H17N3OS/c1-12-8-9-15(13(2)10-12)20-18-21-16(11-23-18)17(22)19-14-6-4-3-5-7-14/h3-11H,1-2H3,(H,19,22)(H,20,21). The molecule has 0 saturated carbocycles. The normalized spacial score (nSPS) is 10.3. The van der Waals surface area contributed by atoms with Crippen molar-refractivity contribution in [3.05, 3.63) is 70.7 Å². The zero-order chi connectivity index (χ0) is 16.2. The molecule has 0 radical (unpaired) electrons. The Morgan fingerprint density at radius 2 is 1.87 bits per heavy atom. The monoisotopic (exact) mass is 323 g/mol. The lowest BCUT2D eigenvalue weighted by Crippen LogP contribution is -2.12. The number of nitrogens with zero attached hydrogens (tertiary/aromatic N) is 1. The molecule has 0 aliphatic heterocycles. The lowest BCUT2D eigenvalue weighted by Gasteiger charge is -2.07. The molecule has 2 N–H and O–H groups in total. The van der Waals surface area contributed by atoms with Gasteiger partial charge in [0.05, 0.1) is 0 Å². The summed E-state index contributed by atoms with van der Waals surface area (Å²) in [5, 5.41) is 8.56. The lowest BCUT2D eigenvalue weighted by atomic mass is 10.1. The molecule has 23 heavy (non-hydrogen) atoms. The largest absolute Gasteiger partial charge is 0.331 e. The molecule has 0 saturated heterocycles.